The van der Waals surface area contributed by atoms with Crippen LogP contribution in [0, 0.1) is 0 Å². The molecular formula is C12H16N2O2. The van der Waals surface area contributed by atoms with Crippen LogP contribution in [0.25, 0.3) is 0 Å². The number of carbonyl (C=O) groups excluding carboxylic acids is 1. The van der Waals surface area contributed by atoms with Crippen LogP contribution in [0.5, 0.6) is 5.88 Å². The van der Waals surface area contributed by atoms with Gasteiger partial charge in [-0.05, 0) is 32.0 Å². The predicted octanol–water partition coefficient (Wildman–Crippen LogP) is 1.37. The maximum atomic E-state index is 10.4. The quantitative estimate of drug-likeness (QED) is 0.703. The molecule has 0 radical (unpaired) electrons. The molecule has 0 spiro atoms. The van der Waals surface area contributed by atoms with Crippen molar-refractivity contribution in [2.45, 2.75) is 12.8 Å². The molecule has 0 bridgehead atoms. The summed E-state index contributed by atoms with van der Waals surface area (Å²) in [4.78, 5) is 16.8. The molecule has 1 aliphatic heterocycles. The van der Waals surface area contributed by atoms with Gasteiger partial charge in [0.15, 0.2) is 6.29 Å². The van der Waals surface area contributed by atoms with E-state index in [9.17, 15) is 4.79 Å². The van der Waals surface area contributed by atoms with Gasteiger partial charge in [-0.15, -0.1) is 0 Å². The van der Waals surface area contributed by atoms with E-state index in [0.29, 0.717) is 18.1 Å². The Morgan fingerprint density at radius 2 is 2.19 bits per heavy atom. The zero-order valence-electron chi connectivity index (χ0n) is 9.26. The summed E-state index contributed by atoms with van der Waals surface area (Å²) >= 11 is 0. The molecule has 1 aromatic heterocycles. The second-order valence-corrected chi connectivity index (χ2v) is 3.94. The third-order valence-electron chi connectivity index (χ3n) is 2.75. The topological polar surface area (TPSA) is 42.4 Å². The summed E-state index contributed by atoms with van der Waals surface area (Å²) in [5.74, 6) is 0.588. The average Bonchev–Trinajstić information content (AvgIpc) is 2.83. The van der Waals surface area contributed by atoms with Crippen LogP contribution in [0.2, 0.25) is 0 Å². The molecule has 0 amide bonds. The molecule has 4 nitrogen and oxygen atoms in total. The highest BCUT2D eigenvalue weighted by molar-refractivity contribution is 5.73. The standard InChI is InChI=1S/C12H16N2O2/c15-10-11-3-4-12(13-9-11)16-8-7-14-5-1-2-6-14/h3-4,9-10H,1-2,5-8H2. The molecule has 1 saturated heterocycles. The molecule has 1 fully saturated rings. The van der Waals surface area contributed by atoms with Crippen molar-refractivity contribution in [3.63, 3.8) is 0 Å². The lowest BCUT2D eigenvalue weighted by molar-refractivity contribution is 0.112. The summed E-state index contributed by atoms with van der Waals surface area (Å²) in [7, 11) is 0. The van der Waals surface area contributed by atoms with Crippen LogP contribution >= 0.6 is 0 Å². The number of aromatic nitrogens is 1. The molecule has 0 aliphatic carbocycles. The van der Waals surface area contributed by atoms with E-state index < -0.39 is 0 Å². The second kappa shape index (κ2) is 5.61. The fourth-order valence-electron chi connectivity index (χ4n) is 1.83. The highest BCUT2D eigenvalue weighted by atomic mass is 16.5. The maximum Gasteiger partial charge on any atom is 0.213 e. The lowest BCUT2D eigenvalue weighted by Crippen LogP contribution is -2.25. The Balaban J connectivity index is 1.73. The Morgan fingerprint density at radius 1 is 1.38 bits per heavy atom. The molecule has 1 aromatic rings. The fraction of sp³-hybridized carbons (Fsp3) is 0.500. The summed E-state index contributed by atoms with van der Waals surface area (Å²) in [5, 5.41) is 0. The minimum atomic E-state index is 0.576. The Morgan fingerprint density at radius 3 is 2.81 bits per heavy atom. The number of aldehydes is 1. The minimum absolute atomic E-state index is 0.576. The van der Waals surface area contributed by atoms with E-state index in [-0.39, 0.29) is 0 Å². The van der Waals surface area contributed by atoms with E-state index >= 15 is 0 Å². The van der Waals surface area contributed by atoms with Crippen molar-refractivity contribution in [2.75, 3.05) is 26.2 Å². The second-order valence-electron chi connectivity index (χ2n) is 3.94. The molecule has 2 rings (SSSR count). The Kier molecular flexibility index (Phi) is 3.88. The lowest BCUT2D eigenvalue weighted by atomic mass is 10.3. The number of nitrogens with zero attached hydrogens (tertiary/aromatic N) is 2. The van der Waals surface area contributed by atoms with Crippen molar-refractivity contribution in [1.82, 2.24) is 9.88 Å². The first-order chi connectivity index (χ1) is 7.88. The van der Waals surface area contributed by atoms with Crippen LogP contribution < -0.4 is 4.74 Å². The molecule has 0 unspecified atom stereocenters. The normalized spacial score (nSPS) is 16.2. The van der Waals surface area contributed by atoms with E-state index in [1.807, 2.05) is 0 Å². The van der Waals surface area contributed by atoms with Gasteiger partial charge in [0.2, 0.25) is 5.88 Å². The first-order valence-electron chi connectivity index (χ1n) is 5.65. The van der Waals surface area contributed by atoms with Gasteiger partial charge in [-0.2, -0.15) is 0 Å². The SMILES string of the molecule is O=Cc1ccc(OCCN2CCCC2)nc1. The third-order valence-corrected chi connectivity index (χ3v) is 2.75. The minimum Gasteiger partial charge on any atom is -0.476 e. The number of ether oxygens (including phenoxy) is 1. The van der Waals surface area contributed by atoms with Gasteiger partial charge >= 0.3 is 0 Å². The van der Waals surface area contributed by atoms with Gasteiger partial charge in [0.1, 0.15) is 6.61 Å². The van der Waals surface area contributed by atoms with Crippen LogP contribution in [0.1, 0.15) is 23.2 Å². The highest BCUT2D eigenvalue weighted by Gasteiger charge is 2.10. The van der Waals surface area contributed by atoms with Crippen molar-refractivity contribution >= 4 is 6.29 Å². The first-order valence-corrected chi connectivity index (χ1v) is 5.65. The average molecular weight is 220 g/mol. The summed E-state index contributed by atoms with van der Waals surface area (Å²) in [6.45, 7) is 3.98. The van der Waals surface area contributed by atoms with E-state index in [2.05, 4.69) is 9.88 Å². The number of rotatable bonds is 5. The number of hydrogen-bond acceptors (Lipinski definition) is 4. The molecule has 86 valence electrons. The van der Waals surface area contributed by atoms with E-state index in [0.717, 1.165) is 12.8 Å². The molecule has 0 saturated carbocycles. The summed E-state index contributed by atoms with van der Waals surface area (Å²) < 4.78 is 5.50. The molecule has 1 aliphatic rings. The lowest BCUT2D eigenvalue weighted by Gasteiger charge is -2.14. The molecule has 16 heavy (non-hydrogen) atoms. The number of likely N-dealkylation sites (tertiary alicyclic amines) is 1. The van der Waals surface area contributed by atoms with Crippen LogP contribution in [-0.4, -0.2) is 42.4 Å². The summed E-state index contributed by atoms with van der Waals surface area (Å²) in [5.41, 5.74) is 0.576. The van der Waals surface area contributed by atoms with Gasteiger partial charge in [-0.3, -0.25) is 9.69 Å². The van der Waals surface area contributed by atoms with Crippen molar-refractivity contribution < 1.29 is 9.53 Å². The molecule has 4 heteroatoms. The summed E-state index contributed by atoms with van der Waals surface area (Å²) in [6.07, 6.45) is 4.90. The Bertz CT molecular complexity index is 331. The van der Waals surface area contributed by atoms with Crippen LogP contribution in [0.4, 0.5) is 0 Å². The molecule has 0 atom stereocenters. The van der Waals surface area contributed by atoms with Gasteiger partial charge < -0.3 is 4.74 Å². The zero-order chi connectivity index (χ0) is 11.2. The monoisotopic (exact) mass is 220 g/mol. The largest absolute Gasteiger partial charge is 0.476 e. The van der Waals surface area contributed by atoms with Crippen LogP contribution in [-0.2, 0) is 0 Å². The van der Waals surface area contributed by atoms with Gasteiger partial charge in [0.05, 0.1) is 0 Å². The van der Waals surface area contributed by atoms with Crippen molar-refractivity contribution in [2.24, 2.45) is 0 Å². The number of carbonyl (C=O) groups is 1. The number of pyridine rings is 1. The van der Waals surface area contributed by atoms with E-state index in [1.54, 1.807) is 12.1 Å². The van der Waals surface area contributed by atoms with Gasteiger partial charge in [0.25, 0.3) is 0 Å². The highest BCUT2D eigenvalue weighted by Crippen LogP contribution is 2.08. The van der Waals surface area contributed by atoms with Crippen molar-refractivity contribution in [1.29, 1.82) is 0 Å². The summed E-state index contributed by atoms with van der Waals surface area (Å²) in [6, 6.07) is 3.44. The Labute approximate surface area is 95.2 Å². The van der Waals surface area contributed by atoms with Gasteiger partial charge in [-0.1, -0.05) is 0 Å². The molecule has 0 aromatic carbocycles. The maximum absolute atomic E-state index is 10.4. The number of hydrogen-bond donors (Lipinski definition) is 0. The molecule has 2 heterocycles. The predicted molar refractivity (Wildman–Crippen MR) is 60.8 cm³/mol. The Hall–Kier alpha value is -1.42. The van der Waals surface area contributed by atoms with E-state index in [1.165, 1.54) is 32.1 Å². The third kappa shape index (κ3) is 3.03. The van der Waals surface area contributed by atoms with Crippen molar-refractivity contribution in [3.8, 4) is 5.88 Å². The van der Waals surface area contributed by atoms with Crippen LogP contribution in [0.3, 0.4) is 0 Å². The fourth-order valence-corrected chi connectivity index (χ4v) is 1.83. The van der Waals surface area contributed by atoms with E-state index in [4.69, 9.17) is 4.74 Å². The van der Waals surface area contributed by atoms with Gasteiger partial charge in [0, 0.05) is 24.4 Å². The molecule has 0 N–H and O–H groups in total. The van der Waals surface area contributed by atoms with Gasteiger partial charge in [-0.25, -0.2) is 4.98 Å². The zero-order valence-corrected chi connectivity index (χ0v) is 9.26. The van der Waals surface area contributed by atoms with Crippen LogP contribution in [0.15, 0.2) is 18.3 Å². The van der Waals surface area contributed by atoms with Crippen molar-refractivity contribution in [3.05, 3.63) is 23.9 Å². The first kappa shape index (κ1) is 11.1. The molecular weight excluding hydrogens is 204 g/mol. The smallest absolute Gasteiger partial charge is 0.213 e.